The highest BCUT2D eigenvalue weighted by Gasteiger charge is 2.32. The fraction of sp³-hybridized carbons (Fsp3) is 0.565. The molecule has 9 nitrogen and oxygen atoms in total. The number of nitrogens with zero attached hydrogens (tertiary/aromatic N) is 4. The molecule has 2 unspecified atom stereocenters. The third-order valence-electron chi connectivity index (χ3n) is 6.70. The molecule has 2 aromatic rings. The van der Waals surface area contributed by atoms with Gasteiger partial charge in [-0.3, -0.25) is 20.1 Å². The van der Waals surface area contributed by atoms with Crippen molar-refractivity contribution in [2.75, 3.05) is 26.2 Å². The fourth-order valence-electron chi connectivity index (χ4n) is 5.00. The second-order valence-electron chi connectivity index (χ2n) is 8.89. The number of guanidine groups is 1. The summed E-state index contributed by atoms with van der Waals surface area (Å²) in [4.78, 5) is 32.0. The van der Waals surface area contributed by atoms with E-state index in [4.69, 9.17) is 0 Å². The average molecular weight is 437 g/mol. The standard InChI is InChI=1S/C23H32N8O/c32-22(31-11-6-17(7-12-31)29-23-26-9-10-27-23)20(13-18-14-24-15-28-18)30-19-5-1-3-16-4-2-8-25-21(16)19/h2,4,8,14-15,17,19-20,30H,1,3,5-7,9-13H2,(H,24,28)(H2,26,27,29). The van der Waals surface area contributed by atoms with Gasteiger partial charge < -0.3 is 20.5 Å². The molecule has 3 aliphatic rings. The van der Waals surface area contributed by atoms with Crippen molar-refractivity contribution in [2.24, 2.45) is 4.99 Å². The Bertz CT molecular complexity index is 935. The number of piperidine rings is 1. The Kier molecular flexibility index (Phi) is 6.34. The number of aromatic amines is 1. The first kappa shape index (κ1) is 20.9. The lowest BCUT2D eigenvalue weighted by Gasteiger charge is -2.36. The van der Waals surface area contributed by atoms with Gasteiger partial charge in [-0.05, 0) is 43.7 Å². The Morgan fingerprint density at radius 2 is 2.19 bits per heavy atom. The highest BCUT2D eigenvalue weighted by molar-refractivity contribution is 5.83. The molecule has 9 heteroatoms. The van der Waals surface area contributed by atoms with E-state index >= 15 is 0 Å². The highest BCUT2D eigenvalue weighted by atomic mass is 16.2. The number of imidazole rings is 1. The summed E-state index contributed by atoms with van der Waals surface area (Å²) in [5.74, 6) is 1.06. The molecule has 1 amide bonds. The van der Waals surface area contributed by atoms with Crippen molar-refractivity contribution in [1.82, 2.24) is 35.8 Å². The van der Waals surface area contributed by atoms with Gasteiger partial charge in [0.15, 0.2) is 5.96 Å². The van der Waals surface area contributed by atoms with E-state index in [-0.39, 0.29) is 18.0 Å². The molecule has 32 heavy (non-hydrogen) atoms. The predicted molar refractivity (Wildman–Crippen MR) is 122 cm³/mol. The van der Waals surface area contributed by atoms with Gasteiger partial charge >= 0.3 is 0 Å². The number of pyridine rings is 1. The molecule has 2 aliphatic heterocycles. The van der Waals surface area contributed by atoms with E-state index in [0.717, 1.165) is 75.6 Å². The van der Waals surface area contributed by atoms with Gasteiger partial charge in [-0.2, -0.15) is 0 Å². The summed E-state index contributed by atoms with van der Waals surface area (Å²) < 4.78 is 0. The van der Waals surface area contributed by atoms with E-state index in [1.807, 2.05) is 17.2 Å². The number of amides is 1. The van der Waals surface area contributed by atoms with Crippen LogP contribution in [-0.4, -0.2) is 70.0 Å². The zero-order valence-electron chi connectivity index (χ0n) is 18.4. The molecule has 0 aromatic carbocycles. The molecule has 4 N–H and O–H groups in total. The number of fused-ring (bicyclic) bond motifs is 1. The average Bonchev–Trinajstić information content (AvgIpc) is 3.53. The maximum atomic E-state index is 13.6. The van der Waals surface area contributed by atoms with Gasteiger partial charge in [-0.25, -0.2) is 4.98 Å². The summed E-state index contributed by atoms with van der Waals surface area (Å²) in [6.45, 7) is 3.24. The minimum absolute atomic E-state index is 0.0995. The van der Waals surface area contributed by atoms with E-state index < -0.39 is 0 Å². The van der Waals surface area contributed by atoms with Crippen molar-refractivity contribution in [3.63, 3.8) is 0 Å². The summed E-state index contributed by atoms with van der Waals surface area (Å²) in [6.07, 6.45) is 10.9. The van der Waals surface area contributed by atoms with Crippen LogP contribution in [0.5, 0.6) is 0 Å². The zero-order valence-corrected chi connectivity index (χ0v) is 18.4. The minimum Gasteiger partial charge on any atom is -0.355 e. The van der Waals surface area contributed by atoms with Crippen molar-refractivity contribution >= 4 is 11.9 Å². The lowest BCUT2D eigenvalue weighted by atomic mass is 9.91. The number of aliphatic imine (C=N–C) groups is 1. The van der Waals surface area contributed by atoms with Crippen LogP contribution in [0, 0.1) is 0 Å². The lowest BCUT2D eigenvalue weighted by Crippen LogP contribution is -2.54. The summed E-state index contributed by atoms with van der Waals surface area (Å²) in [5, 5.41) is 10.4. The Morgan fingerprint density at radius 1 is 1.28 bits per heavy atom. The van der Waals surface area contributed by atoms with Gasteiger partial charge in [0.2, 0.25) is 5.91 Å². The van der Waals surface area contributed by atoms with Crippen LogP contribution >= 0.6 is 0 Å². The number of carbonyl (C=O) groups is 1. The van der Waals surface area contributed by atoms with E-state index in [1.54, 1.807) is 12.5 Å². The Balaban J connectivity index is 1.25. The zero-order chi connectivity index (χ0) is 21.8. The molecule has 0 saturated carbocycles. The molecule has 0 radical (unpaired) electrons. The smallest absolute Gasteiger partial charge is 0.240 e. The Labute approximate surface area is 188 Å². The summed E-state index contributed by atoms with van der Waals surface area (Å²) in [5.41, 5.74) is 3.35. The van der Waals surface area contributed by atoms with Gasteiger partial charge in [0.1, 0.15) is 0 Å². The van der Waals surface area contributed by atoms with Crippen LogP contribution < -0.4 is 16.0 Å². The number of hydrogen-bond acceptors (Lipinski definition) is 7. The van der Waals surface area contributed by atoms with Crippen molar-refractivity contribution in [1.29, 1.82) is 0 Å². The topological polar surface area (TPSA) is 110 Å². The molecule has 2 atom stereocenters. The molecule has 0 spiro atoms. The van der Waals surface area contributed by atoms with Crippen molar-refractivity contribution < 1.29 is 4.79 Å². The SMILES string of the molecule is O=C(C(Cc1cnc[nH]1)NC1CCCc2cccnc21)N1CCC(NC2=NCCN2)CC1. The largest absolute Gasteiger partial charge is 0.355 e. The minimum atomic E-state index is -0.307. The van der Waals surface area contributed by atoms with Crippen LogP contribution in [0.15, 0.2) is 35.8 Å². The van der Waals surface area contributed by atoms with E-state index in [2.05, 4.69) is 42.0 Å². The first-order chi connectivity index (χ1) is 15.8. The summed E-state index contributed by atoms with van der Waals surface area (Å²) in [6, 6.07) is 4.31. The van der Waals surface area contributed by atoms with Crippen molar-refractivity contribution in [2.45, 2.75) is 56.7 Å². The number of carbonyl (C=O) groups excluding carboxylic acids is 1. The molecule has 4 heterocycles. The normalized spacial score (nSPS) is 22.1. The molecular formula is C23H32N8O. The maximum Gasteiger partial charge on any atom is 0.240 e. The van der Waals surface area contributed by atoms with Crippen molar-refractivity contribution in [3.8, 4) is 0 Å². The number of rotatable bonds is 6. The lowest BCUT2D eigenvalue weighted by molar-refractivity contribution is -0.134. The van der Waals surface area contributed by atoms with Crippen LogP contribution in [0.25, 0.3) is 0 Å². The van der Waals surface area contributed by atoms with E-state index in [9.17, 15) is 4.79 Å². The summed E-state index contributed by atoms with van der Waals surface area (Å²) >= 11 is 0. The Morgan fingerprint density at radius 3 is 2.97 bits per heavy atom. The molecule has 170 valence electrons. The second-order valence-corrected chi connectivity index (χ2v) is 8.89. The van der Waals surface area contributed by atoms with Crippen LogP contribution in [0.1, 0.15) is 48.7 Å². The van der Waals surface area contributed by atoms with Crippen LogP contribution in [-0.2, 0) is 17.6 Å². The third-order valence-corrected chi connectivity index (χ3v) is 6.70. The third kappa shape index (κ3) is 4.77. The van der Waals surface area contributed by atoms with Gasteiger partial charge in [0, 0.05) is 50.2 Å². The van der Waals surface area contributed by atoms with E-state index in [1.165, 1.54) is 5.56 Å². The molecule has 0 bridgehead atoms. The molecule has 1 aliphatic carbocycles. The molecule has 1 fully saturated rings. The number of aromatic nitrogens is 3. The first-order valence-electron chi connectivity index (χ1n) is 11.8. The van der Waals surface area contributed by atoms with Gasteiger partial charge in [-0.15, -0.1) is 0 Å². The second kappa shape index (κ2) is 9.68. The van der Waals surface area contributed by atoms with Crippen molar-refractivity contribution in [3.05, 3.63) is 47.8 Å². The number of H-pyrrole nitrogens is 1. The highest BCUT2D eigenvalue weighted by Crippen LogP contribution is 2.28. The van der Waals surface area contributed by atoms with Gasteiger partial charge in [0.25, 0.3) is 0 Å². The van der Waals surface area contributed by atoms with Gasteiger partial charge in [-0.1, -0.05) is 6.07 Å². The summed E-state index contributed by atoms with van der Waals surface area (Å²) in [7, 11) is 0. The molecule has 2 aromatic heterocycles. The maximum absolute atomic E-state index is 13.6. The number of nitrogens with one attached hydrogen (secondary N) is 4. The Hall–Kier alpha value is -2.94. The number of aryl methyl sites for hydroxylation is 1. The quantitative estimate of drug-likeness (QED) is 0.536. The number of hydrogen-bond donors (Lipinski definition) is 4. The molecule has 5 rings (SSSR count). The fourth-order valence-corrected chi connectivity index (χ4v) is 5.00. The van der Waals surface area contributed by atoms with Crippen LogP contribution in [0.4, 0.5) is 0 Å². The van der Waals surface area contributed by atoms with Gasteiger partial charge in [0.05, 0.1) is 30.6 Å². The van der Waals surface area contributed by atoms with Crippen LogP contribution in [0.2, 0.25) is 0 Å². The first-order valence-corrected chi connectivity index (χ1v) is 11.8. The predicted octanol–water partition coefficient (Wildman–Crippen LogP) is 0.923. The monoisotopic (exact) mass is 436 g/mol. The number of likely N-dealkylation sites (tertiary alicyclic amines) is 1. The van der Waals surface area contributed by atoms with E-state index in [0.29, 0.717) is 12.5 Å². The molecular weight excluding hydrogens is 404 g/mol. The van der Waals surface area contributed by atoms with Crippen LogP contribution in [0.3, 0.4) is 0 Å². The molecule has 1 saturated heterocycles.